The number of ketones is 1. The zero-order valence-corrected chi connectivity index (χ0v) is 12.7. The summed E-state index contributed by atoms with van der Waals surface area (Å²) in [6.07, 6.45) is 6.61. The molecule has 0 bridgehead atoms. The van der Waals surface area contributed by atoms with Gasteiger partial charge in [0.05, 0.1) is 11.4 Å². The highest BCUT2D eigenvalue weighted by molar-refractivity contribution is 9.09. The number of hydrogen-bond donors (Lipinski definition) is 1. The SMILES string of the molecule is C[C@]12CC[C@@H]3CC(O)C[C@H]3[C@@H]1CC[C@@H]2C(=O)CBr. The molecule has 0 aromatic carbocycles. The van der Waals surface area contributed by atoms with Crippen molar-refractivity contribution in [3.63, 3.8) is 0 Å². The van der Waals surface area contributed by atoms with Crippen molar-refractivity contribution in [2.24, 2.45) is 29.1 Å². The van der Waals surface area contributed by atoms with Crippen LogP contribution < -0.4 is 0 Å². The number of alkyl halides is 1. The van der Waals surface area contributed by atoms with Gasteiger partial charge in [-0.25, -0.2) is 0 Å². The molecule has 0 saturated heterocycles. The molecule has 0 aromatic heterocycles. The number of carbonyl (C=O) groups is 1. The van der Waals surface area contributed by atoms with E-state index in [4.69, 9.17) is 0 Å². The summed E-state index contributed by atoms with van der Waals surface area (Å²) >= 11 is 3.34. The van der Waals surface area contributed by atoms with Gasteiger partial charge in [-0.15, -0.1) is 0 Å². The van der Waals surface area contributed by atoms with Crippen LogP contribution >= 0.6 is 15.9 Å². The Hall–Kier alpha value is 0.110. The molecule has 0 amide bonds. The van der Waals surface area contributed by atoms with Gasteiger partial charge in [-0.3, -0.25) is 4.79 Å². The van der Waals surface area contributed by atoms with Crippen LogP contribution in [0.4, 0.5) is 0 Å². The molecule has 3 saturated carbocycles. The summed E-state index contributed by atoms with van der Waals surface area (Å²) in [5.41, 5.74) is 0.218. The van der Waals surface area contributed by atoms with Gasteiger partial charge >= 0.3 is 0 Å². The molecule has 6 atom stereocenters. The Bertz CT molecular complexity index is 356. The van der Waals surface area contributed by atoms with Gasteiger partial charge in [-0.1, -0.05) is 22.9 Å². The number of aliphatic hydroxyl groups is 1. The average molecular weight is 315 g/mol. The quantitative estimate of drug-likeness (QED) is 0.795. The molecule has 0 spiro atoms. The first kappa shape index (κ1) is 13.1. The third-order valence-corrected chi connectivity index (χ3v) is 6.78. The van der Waals surface area contributed by atoms with Crippen molar-refractivity contribution in [1.29, 1.82) is 0 Å². The van der Waals surface area contributed by atoms with Gasteiger partial charge in [-0.05, 0) is 61.7 Å². The van der Waals surface area contributed by atoms with Crippen LogP contribution in [0.5, 0.6) is 0 Å². The van der Waals surface area contributed by atoms with Crippen molar-refractivity contribution >= 4 is 21.7 Å². The minimum absolute atomic E-state index is 0.0757. The Morgan fingerprint density at radius 2 is 2.11 bits per heavy atom. The van der Waals surface area contributed by atoms with Crippen LogP contribution in [-0.2, 0) is 4.79 Å². The number of carbonyl (C=O) groups excluding carboxylic acids is 1. The monoisotopic (exact) mass is 314 g/mol. The van der Waals surface area contributed by atoms with Crippen molar-refractivity contribution < 1.29 is 9.90 Å². The van der Waals surface area contributed by atoms with Crippen LogP contribution in [0.2, 0.25) is 0 Å². The van der Waals surface area contributed by atoms with E-state index in [1.165, 1.54) is 19.3 Å². The van der Waals surface area contributed by atoms with E-state index in [0.717, 1.165) is 25.2 Å². The first-order valence-electron chi connectivity index (χ1n) is 7.33. The van der Waals surface area contributed by atoms with E-state index in [1.807, 2.05) is 0 Å². The molecular formula is C15H23BrO2. The highest BCUT2D eigenvalue weighted by atomic mass is 79.9. The number of aliphatic hydroxyl groups excluding tert-OH is 1. The summed E-state index contributed by atoms with van der Waals surface area (Å²) in [6, 6.07) is 0. The van der Waals surface area contributed by atoms with Crippen LogP contribution in [-0.4, -0.2) is 22.3 Å². The molecular weight excluding hydrogens is 292 g/mol. The number of hydrogen-bond acceptors (Lipinski definition) is 2. The first-order chi connectivity index (χ1) is 8.56. The van der Waals surface area contributed by atoms with Crippen LogP contribution in [0, 0.1) is 29.1 Å². The smallest absolute Gasteiger partial charge is 0.147 e. The largest absolute Gasteiger partial charge is 0.393 e. The molecule has 3 rings (SSSR count). The van der Waals surface area contributed by atoms with E-state index < -0.39 is 0 Å². The Morgan fingerprint density at radius 3 is 2.83 bits per heavy atom. The lowest BCUT2D eigenvalue weighted by molar-refractivity contribution is -0.125. The first-order valence-corrected chi connectivity index (χ1v) is 8.45. The predicted molar refractivity (Wildman–Crippen MR) is 74.6 cm³/mol. The van der Waals surface area contributed by atoms with Crippen LogP contribution in [0.1, 0.15) is 45.4 Å². The Morgan fingerprint density at radius 1 is 1.33 bits per heavy atom. The lowest BCUT2D eigenvalue weighted by Gasteiger charge is -2.46. The Kier molecular flexibility index (Phi) is 3.34. The summed E-state index contributed by atoms with van der Waals surface area (Å²) < 4.78 is 0. The third kappa shape index (κ3) is 1.81. The van der Waals surface area contributed by atoms with Gasteiger partial charge in [0.2, 0.25) is 0 Å². The number of Topliss-reactive ketones (excluding diaryl/α,β-unsaturated/α-hetero) is 1. The molecule has 18 heavy (non-hydrogen) atoms. The van der Waals surface area contributed by atoms with Gasteiger partial charge in [0, 0.05) is 5.92 Å². The second-order valence-electron chi connectivity index (χ2n) is 6.93. The van der Waals surface area contributed by atoms with Crippen molar-refractivity contribution in [2.75, 3.05) is 5.33 Å². The normalized spacial score (nSPS) is 50.9. The van der Waals surface area contributed by atoms with Crippen LogP contribution in [0.3, 0.4) is 0 Å². The molecule has 1 N–H and O–H groups in total. The number of halogens is 1. The molecule has 102 valence electrons. The van der Waals surface area contributed by atoms with Gasteiger partial charge in [0.25, 0.3) is 0 Å². The molecule has 0 heterocycles. The molecule has 3 aliphatic rings. The van der Waals surface area contributed by atoms with Gasteiger partial charge in [0.15, 0.2) is 0 Å². The maximum absolute atomic E-state index is 12.1. The van der Waals surface area contributed by atoms with Crippen molar-refractivity contribution in [1.82, 2.24) is 0 Å². The Labute approximate surface area is 118 Å². The second-order valence-corrected chi connectivity index (χ2v) is 7.49. The second kappa shape index (κ2) is 4.59. The fourth-order valence-corrected chi connectivity index (χ4v) is 5.79. The van der Waals surface area contributed by atoms with Gasteiger partial charge in [0.1, 0.15) is 5.78 Å². The molecule has 0 aliphatic heterocycles. The highest BCUT2D eigenvalue weighted by Gasteiger charge is 2.57. The fraction of sp³-hybridized carbons (Fsp3) is 0.933. The van der Waals surface area contributed by atoms with Crippen molar-refractivity contribution in [2.45, 2.75) is 51.6 Å². The average Bonchev–Trinajstić information content (AvgIpc) is 2.87. The van der Waals surface area contributed by atoms with Crippen molar-refractivity contribution in [3.8, 4) is 0 Å². The molecule has 0 radical (unpaired) electrons. The summed E-state index contributed by atoms with van der Waals surface area (Å²) in [6.45, 7) is 2.34. The third-order valence-electron chi connectivity index (χ3n) is 6.23. The predicted octanol–water partition coefficient (Wildman–Crippen LogP) is 3.16. The zero-order valence-electron chi connectivity index (χ0n) is 11.1. The minimum atomic E-state index is -0.0757. The van der Waals surface area contributed by atoms with Crippen LogP contribution in [0.25, 0.3) is 0 Å². The lowest BCUT2D eigenvalue weighted by atomic mass is 9.58. The Balaban J connectivity index is 1.84. The van der Waals surface area contributed by atoms with E-state index in [-0.39, 0.29) is 17.4 Å². The van der Waals surface area contributed by atoms with Crippen LogP contribution in [0.15, 0.2) is 0 Å². The molecule has 2 nitrogen and oxygen atoms in total. The van der Waals surface area contributed by atoms with Crippen molar-refractivity contribution in [3.05, 3.63) is 0 Å². The van der Waals surface area contributed by atoms with E-state index >= 15 is 0 Å². The summed E-state index contributed by atoms with van der Waals surface area (Å²) in [4.78, 5) is 12.1. The summed E-state index contributed by atoms with van der Waals surface area (Å²) in [7, 11) is 0. The molecule has 0 aromatic rings. The molecule has 3 aliphatic carbocycles. The maximum Gasteiger partial charge on any atom is 0.147 e. The molecule has 3 fully saturated rings. The van der Waals surface area contributed by atoms with E-state index in [0.29, 0.717) is 22.9 Å². The van der Waals surface area contributed by atoms with E-state index in [2.05, 4.69) is 22.9 Å². The standard InChI is InChI=1S/C15H23BrO2/c1-15-5-4-9-6-10(17)7-11(9)12(15)2-3-13(15)14(18)8-16/h9-13,17H,2-8H2,1H3/t9-,10?,11-,12+,13-,15+/m1/s1. The topological polar surface area (TPSA) is 37.3 Å². The number of fused-ring (bicyclic) bond motifs is 3. The zero-order chi connectivity index (χ0) is 12.9. The summed E-state index contributed by atoms with van der Waals surface area (Å²) in [5.74, 6) is 2.77. The highest BCUT2D eigenvalue weighted by Crippen LogP contribution is 2.62. The van der Waals surface area contributed by atoms with Gasteiger partial charge < -0.3 is 5.11 Å². The van der Waals surface area contributed by atoms with E-state index in [1.54, 1.807) is 0 Å². The van der Waals surface area contributed by atoms with Gasteiger partial charge in [-0.2, -0.15) is 0 Å². The minimum Gasteiger partial charge on any atom is -0.393 e. The molecule has 3 heteroatoms. The number of rotatable bonds is 2. The maximum atomic E-state index is 12.1. The molecule has 1 unspecified atom stereocenters. The van der Waals surface area contributed by atoms with E-state index in [9.17, 15) is 9.90 Å². The summed E-state index contributed by atoms with van der Waals surface area (Å²) in [5, 5.41) is 10.4. The fourth-order valence-electron chi connectivity index (χ4n) is 5.40. The lowest BCUT2D eigenvalue weighted by Crippen LogP contribution is -2.42.